The van der Waals surface area contributed by atoms with Crippen LogP contribution in [0, 0.1) is 0 Å². The van der Waals surface area contributed by atoms with E-state index in [2.05, 4.69) is 36.2 Å². The van der Waals surface area contributed by atoms with E-state index in [1.807, 2.05) is 41.2 Å². The summed E-state index contributed by atoms with van der Waals surface area (Å²) in [5.41, 5.74) is 3.07. The summed E-state index contributed by atoms with van der Waals surface area (Å²) >= 11 is 3.38. The van der Waals surface area contributed by atoms with Crippen LogP contribution in [0.2, 0.25) is 0 Å². The van der Waals surface area contributed by atoms with Crippen molar-refractivity contribution < 1.29 is 0 Å². The molecule has 0 aliphatic heterocycles. The van der Waals surface area contributed by atoms with Crippen LogP contribution in [0.5, 0.6) is 0 Å². The van der Waals surface area contributed by atoms with Gasteiger partial charge in [0.15, 0.2) is 5.65 Å². The highest BCUT2D eigenvalue weighted by Crippen LogP contribution is 2.10. The quantitative estimate of drug-likeness (QED) is 0.728. The lowest BCUT2D eigenvalue weighted by atomic mass is 10.3. The maximum Gasteiger partial charge on any atom is 0.155 e. The number of aromatic nitrogens is 4. The van der Waals surface area contributed by atoms with Crippen molar-refractivity contribution in [3.63, 3.8) is 0 Å². The molecule has 0 fully saturated rings. The molecular formula is C14H14BrN5. The van der Waals surface area contributed by atoms with Gasteiger partial charge in [-0.2, -0.15) is 0 Å². The van der Waals surface area contributed by atoms with E-state index in [0.717, 1.165) is 41.1 Å². The van der Waals surface area contributed by atoms with Gasteiger partial charge in [0.1, 0.15) is 4.60 Å². The Morgan fingerprint density at radius 2 is 2.10 bits per heavy atom. The first-order valence-electron chi connectivity index (χ1n) is 6.41. The van der Waals surface area contributed by atoms with Crippen LogP contribution in [0.15, 0.2) is 47.6 Å². The molecule has 3 aromatic rings. The molecule has 1 N–H and O–H groups in total. The first-order valence-corrected chi connectivity index (χ1v) is 7.20. The molecule has 20 heavy (non-hydrogen) atoms. The number of halogens is 1. The van der Waals surface area contributed by atoms with Crippen LogP contribution < -0.4 is 5.32 Å². The zero-order valence-corrected chi connectivity index (χ0v) is 12.4. The van der Waals surface area contributed by atoms with Crippen LogP contribution in [-0.4, -0.2) is 25.9 Å². The molecule has 0 aliphatic carbocycles. The first-order chi connectivity index (χ1) is 9.83. The fourth-order valence-electron chi connectivity index (χ4n) is 2.03. The topological polar surface area (TPSA) is 55.1 Å². The van der Waals surface area contributed by atoms with Crippen LogP contribution >= 0.6 is 15.9 Å². The second-order valence-corrected chi connectivity index (χ2v) is 5.25. The molecule has 0 amide bonds. The molecule has 0 aliphatic rings. The minimum atomic E-state index is 0.768. The zero-order chi connectivity index (χ0) is 13.8. The molecule has 0 radical (unpaired) electrons. The highest BCUT2D eigenvalue weighted by molar-refractivity contribution is 9.10. The summed E-state index contributed by atoms with van der Waals surface area (Å²) in [6.07, 6.45) is 8.30. The molecule has 0 bridgehead atoms. The van der Waals surface area contributed by atoms with Crippen LogP contribution in [0.25, 0.3) is 5.65 Å². The second kappa shape index (κ2) is 6.11. The summed E-state index contributed by atoms with van der Waals surface area (Å²) in [6.45, 7) is 1.65. The van der Waals surface area contributed by atoms with Gasteiger partial charge in [-0.3, -0.25) is 9.38 Å². The van der Waals surface area contributed by atoms with Gasteiger partial charge in [0, 0.05) is 37.6 Å². The van der Waals surface area contributed by atoms with E-state index in [1.165, 1.54) is 0 Å². The van der Waals surface area contributed by atoms with Crippen molar-refractivity contribution in [1.82, 2.24) is 24.7 Å². The smallest absolute Gasteiger partial charge is 0.155 e. The van der Waals surface area contributed by atoms with E-state index in [4.69, 9.17) is 0 Å². The van der Waals surface area contributed by atoms with Crippen molar-refractivity contribution in [2.75, 3.05) is 6.54 Å². The van der Waals surface area contributed by atoms with E-state index in [0.29, 0.717) is 0 Å². The normalized spacial score (nSPS) is 11.1. The van der Waals surface area contributed by atoms with Crippen molar-refractivity contribution in [3.8, 4) is 0 Å². The Bertz CT molecular complexity index is 695. The van der Waals surface area contributed by atoms with Gasteiger partial charge in [0.2, 0.25) is 0 Å². The van der Waals surface area contributed by atoms with Crippen LogP contribution in [-0.2, 0) is 13.0 Å². The molecule has 3 heterocycles. The Morgan fingerprint density at radius 3 is 2.95 bits per heavy atom. The van der Waals surface area contributed by atoms with Gasteiger partial charge in [-0.15, -0.1) is 0 Å². The van der Waals surface area contributed by atoms with E-state index >= 15 is 0 Å². The fourth-order valence-corrected chi connectivity index (χ4v) is 2.33. The van der Waals surface area contributed by atoms with Gasteiger partial charge in [-0.25, -0.2) is 9.97 Å². The average Bonchev–Trinajstić information content (AvgIpc) is 2.87. The third-order valence-corrected chi connectivity index (χ3v) is 3.44. The fraction of sp³-hybridized carbons (Fsp3) is 0.214. The van der Waals surface area contributed by atoms with E-state index < -0.39 is 0 Å². The third kappa shape index (κ3) is 3.02. The molecule has 3 rings (SSSR count). The Morgan fingerprint density at radius 1 is 1.15 bits per heavy atom. The van der Waals surface area contributed by atoms with Gasteiger partial charge < -0.3 is 5.32 Å². The number of nitrogens with one attached hydrogen (secondary N) is 1. The standard InChI is InChI=1S/C14H14BrN5/c15-13-10-20-12(8-19-14(20)9-18-13)7-16-6-4-11-3-1-2-5-17-11/h1-3,5,8-10,16H,4,6-7H2. The predicted molar refractivity (Wildman–Crippen MR) is 80.3 cm³/mol. The molecule has 6 heteroatoms. The maximum atomic E-state index is 4.32. The molecule has 0 aromatic carbocycles. The minimum Gasteiger partial charge on any atom is -0.311 e. The maximum absolute atomic E-state index is 4.32. The molecule has 102 valence electrons. The van der Waals surface area contributed by atoms with Crippen LogP contribution in [0.1, 0.15) is 11.4 Å². The van der Waals surface area contributed by atoms with Crippen LogP contribution in [0.3, 0.4) is 0 Å². The SMILES string of the molecule is Brc1cn2c(CNCCc3ccccn3)cnc2cn1. The van der Waals surface area contributed by atoms with Crippen molar-refractivity contribution in [3.05, 3.63) is 59.0 Å². The number of nitrogens with zero attached hydrogens (tertiary/aromatic N) is 4. The van der Waals surface area contributed by atoms with Gasteiger partial charge in [0.25, 0.3) is 0 Å². The molecule has 0 saturated heterocycles. The zero-order valence-electron chi connectivity index (χ0n) is 10.8. The lowest BCUT2D eigenvalue weighted by molar-refractivity contribution is 0.664. The average molecular weight is 332 g/mol. The molecule has 5 nitrogen and oxygen atoms in total. The molecule has 0 unspecified atom stereocenters. The van der Waals surface area contributed by atoms with E-state index in [-0.39, 0.29) is 0 Å². The second-order valence-electron chi connectivity index (χ2n) is 4.44. The highest BCUT2D eigenvalue weighted by Gasteiger charge is 2.03. The number of rotatable bonds is 5. The van der Waals surface area contributed by atoms with Crippen molar-refractivity contribution in [1.29, 1.82) is 0 Å². The monoisotopic (exact) mass is 331 g/mol. The van der Waals surface area contributed by atoms with E-state index in [9.17, 15) is 0 Å². The summed E-state index contributed by atoms with van der Waals surface area (Å²) in [6, 6.07) is 5.98. The molecule has 3 aromatic heterocycles. The number of hydrogen-bond acceptors (Lipinski definition) is 4. The Kier molecular flexibility index (Phi) is 4.03. The summed E-state index contributed by atoms with van der Waals surface area (Å²) in [5, 5.41) is 3.41. The Labute approximate surface area is 125 Å². The van der Waals surface area contributed by atoms with Gasteiger partial charge in [-0.05, 0) is 28.1 Å². The summed E-state index contributed by atoms with van der Waals surface area (Å²) in [7, 11) is 0. The van der Waals surface area contributed by atoms with Crippen molar-refractivity contribution in [2.45, 2.75) is 13.0 Å². The molecule has 0 spiro atoms. The van der Waals surface area contributed by atoms with Crippen molar-refractivity contribution >= 4 is 21.6 Å². The number of imidazole rings is 1. The summed E-state index contributed by atoms with van der Waals surface area (Å²) < 4.78 is 2.84. The Balaban J connectivity index is 1.59. The van der Waals surface area contributed by atoms with E-state index in [1.54, 1.807) is 6.20 Å². The number of fused-ring (bicyclic) bond motifs is 1. The first kappa shape index (κ1) is 13.2. The minimum absolute atomic E-state index is 0.768. The summed E-state index contributed by atoms with van der Waals surface area (Å²) in [5.74, 6) is 0. The van der Waals surface area contributed by atoms with Crippen LogP contribution in [0.4, 0.5) is 0 Å². The lowest BCUT2D eigenvalue weighted by Gasteiger charge is -2.05. The number of hydrogen-bond donors (Lipinski definition) is 1. The summed E-state index contributed by atoms with van der Waals surface area (Å²) in [4.78, 5) is 12.8. The highest BCUT2D eigenvalue weighted by atomic mass is 79.9. The predicted octanol–water partition coefficient (Wildman–Crippen LogP) is 2.22. The molecule has 0 saturated carbocycles. The Hall–Kier alpha value is -1.79. The van der Waals surface area contributed by atoms with Gasteiger partial charge in [-0.1, -0.05) is 6.07 Å². The van der Waals surface area contributed by atoms with Gasteiger partial charge >= 0.3 is 0 Å². The molecule has 0 atom stereocenters. The third-order valence-electron chi connectivity index (χ3n) is 3.03. The molecular weight excluding hydrogens is 318 g/mol. The van der Waals surface area contributed by atoms with Crippen molar-refractivity contribution in [2.24, 2.45) is 0 Å². The van der Waals surface area contributed by atoms with Gasteiger partial charge in [0.05, 0.1) is 18.1 Å². The largest absolute Gasteiger partial charge is 0.311 e. The lowest BCUT2D eigenvalue weighted by Crippen LogP contribution is -2.18. The number of pyridine rings is 1.